The number of hydrogen-bond donors (Lipinski definition) is 3. The SMILES string of the molecule is CCCCCCCCOc1c(CN)c(OCCCCCCCC)c(CN)c(OCCCCCCCC)c1CN. The molecule has 0 spiro atoms. The highest BCUT2D eigenvalue weighted by molar-refractivity contribution is 5.63. The van der Waals surface area contributed by atoms with Gasteiger partial charge in [0.1, 0.15) is 17.2 Å². The fourth-order valence-electron chi connectivity index (χ4n) is 5.10. The van der Waals surface area contributed by atoms with E-state index in [4.69, 9.17) is 31.4 Å². The van der Waals surface area contributed by atoms with Crippen LogP contribution in [0.1, 0.15) is 153 Å². The molecule has 1 rings (SSSR count). The van der Waals surface area contributed by atoms with Crippen LogP contribution < -0.4 is 31.4 Å². The summed E-state index contributed by atoms with van der Waals surface area (Å²) in [6.45, 7) is 9.60. The second kappa shape index (κ2) is 24.3. The lowest BCUT2D eigenvalue weighted by molar-refractivity contribution is 0.264. The Morgan fingerprint density at radius 3 is 0.821 bits per heavy atom. The Labute approximate surface area is 241 Å². The zero-order chi connectivity index (χ0) is 28.6. The summed E-state index contributed by atoms with van der Waals surface area (Å²) in [6, 6.07) is 0. The fourth-order valence-corrected chi connectivity index (χ4v) is 5.10. The van der Waals surface area contributed by atoms with Gasteiger partial charge in [-0.25, -0.2) is 0 Å². The molecule has 0 bridgehead atoms. The predicted octanol–water partition coefficient (Wildman–Crippen LogP) is 8.28. The highest BCUT2D eigenvalue weighted by Gasteiger charge is 2.25. The van der Waals surface area contributed by atoms with Crippen LogP contribution in [-0.4, -0.2) is 19.8 Å². The summed E-state index contributed by atoms with van der Waals surface area (Å²) >= 11 is 0. The molecule has 0 saturated heterocycles. The van der Waals surface area contributed by atoms with Crippen LogP contribution in [0.3, 0.4) is 0 Å². The van der Waals surface area contributed by atoms with E-state index in [0.29, 0.717) is 39.5 Å². The monoisotopic (exact) mass is 549 g/mol. The van der Waals surface area contributed by atoms with Crippen molar-refractivity contribution in [1.82, 2.24) is 0 Å². The Hall–Kier alpha value is -1.50. The fraction of sp³-hybridized carbons (Fsp3) is 0.818. The predicted molar refractivity (Wildman–Crippen MR) is 167 cm³/mol. The number of nitrogens with two attached hydrogens (primary N) is 3. The lowest BCUT2D eigenvalue weighted by atomic mass is 9.99. The van der Waals surface area contributed by atoms with Crippen molar-refractivity contribution >= 4 is 0 Å². The van der Waals surface area contributed by atoms with Crippen LogP contribution in [-0.2, 0) is 19.6 Å². The summed E-state index contributed by atoms with van der Waals surface area (Å²) in [5.74, 6) is 2.25. The second-order valence-corrected chi connectivity index (χ2v) is 10.9. The maximum absolute atomic E-state index is 6.42. The summed E-state index contributed by atoms with van der Waals surface area (Å²) < 4.78 is 19.3. The van der Waals surface area contributed by atoms with Gasteiger partial charge in [0.05, 0.1) is 36.5 Å². The van der Waals surface area contributed by atoms with E-state index in [1.807, 2.05) is 0 Å². The molecule has 0 aliphatic carbocycles. The molecule has 228 valence electrons. The molecule has 6 heteroatoms. The molecular formula is C33H63N3O3. The largest absolute Gasteiger partial charge is 0.493 e. The van der Waals surface area contributed by atoms with Gasteiger partial charge in [0.25, 0.3) is 0 Å². The average Bonchev–Trinajstić information content (AvgIpc) is 2.95. The van der Waals surface area contributed by atoms with Crippen molar-refractivity contribution in [2.45, 2.75) is 156 Å². The second-order valence-electron chi connectivity index (χ2n) is 10.9. The van der Waals surface area contributed by atoms with Crippen LogP contribution in [0.25, 0.3) is 0 Å². The quantitative estimate of drug-likeness (QED) is 0.0953. The molecule has 0 saturated carbocycles. The zero-order valence-electron chi connectivity index (χ0n) is 25.9. The zero-order valence-corrected chi connectivity index (χ0v) is 25.9. The van der Waals surface area contributed by atoms with Gasteiger partial charge in [-0.2, -0.15) is 0 Å². The van der Waals surface area contributed by atoms with Crippen LogP contribution in [0.5, 0.6) is 17.2 Å². The third-order valence-electron chi connectivity index (χ3n) is 7.49. The molecule has 0 aromatic heterocycles. The van der Waals surface area contributed by atoms with Crippen LogP contribution in [0, 0.1) is 0 Å². The topological polar surface area (TPSA) is 106 Å². The number of hydrogen-bond acceptors (Lipinski definition) is 6. The first-order valence-electron chi connectivity index (χ1n) is 16.4. The van der Waals surface area contributed by atoms with E-state index in [1.54, 1.807) is 0 Å². The maximum atomic E-state index is 6.42. The standard InChI is InChI=1S/C33H63N3O3/c1-4-7-10-13-16-19-22-37-31-28(25-34)32(38-23-20-17-14-11-8-5-2)30(27-36)33(29(31)26-35)39-24-21-18-15-12-9-6-3/h4-27,34-36H2,1-3H3. The molecule has 39 heavy (non-hydrogen) atoms. The summed E-state index contributed by atoms with van der Waals surface area (Å²) in [4.78, 5) is 0. The van der Waals surface area contributed by atoms with Crippen molar-refractivity contribution in [2.24, 2.45) is 17.2 Å². The maximum Gasteiger partial charge on any atom is 0.135 e. The lowest BCUT2D eigenvalue weighted by Crippen LogP contribution is -2.17. The molecule has 0 amide bonds. The number of rotatable bonds is 27. The van der Waals surface area contributed by atoms with Gasteiger partial charge in [0.2, 0.25) is 0 Å². The van der Waals surface area contributed by atoms with Gasteiger partial charge >= 0.3 is 0 Å². The van der Waals surface area contributed by atoms with Crippen LogP contribution in [0.2, 0.25) is 0 Å². The molecule has 6 nitrogen and oxygen atoms in total. The normalized spacial score (nSPS) is 11.2. The van der Waals surface area contributed by atoms with E-state index in [9.17, 15) is 0 Å². The van der Waals surface area contributed by atoms with Crippen molar-refractivity contribution in [3.63, 3.8) is 0 Å². The van der Waals surface area contributed by atoms with Gasteiger partial charge in [0, 0.05) is 19.6 Å². The first-order chi connectivity index (χ1) is 19.2. The highest BCUT2D eigenvalue weighted by Crippen LogP contribution is 2.44. The Morgan fingerprint density at radius 2 is 0.590 bits per heavy atom. The van der Waals surface area contributed by atoms with E-state index in [-0.39, 0.29) is 0 Å². The van der Waals surface area contributed by atoms with E-state index < -0.39 is 0 Å². The number of ether oxygens (including phenoxy) is 3. The molecule has 0 atom stereocenters. The van der Waals surface area contributed by atoms with Crippen molar-refractivity contribution < 1.29 is 14.2 Å². The van der Waals surface area contributed by atoms with E-state index >= 15 is 0 Å². The molecule has 1 aromatic rings. The smallest absolute Gasteiger partial charge is 0.135 e. The Morgan fingerprint density at radius 1 is 0.359 bits per heavy atom. The van der Waals surface area contributed by atoms with E-state index in [2.05, 4.69) is 20.8 Å². The minimum Gasteiger partial charge on any atom is -0.493 e. The molecule has 0 radical (unpaired) electrons. The van der Waals surface area contributed by atoms with Crippen molar-refractivity contribution in [2.75, 3.05) is 19.8 Å². The molecule has 0 aliphatic rings. The van der Waals surface area contributed by atoms with Gasteiger partial charge in [0.15, 0.2) is 0 Å². The summed E-state index contributed by atoms with van der Waals surface area (Å²) in [7, 11) is 0. The molecule has 1 aromatic carbocycles. The molecule has 6 N–H and O–H groups in total. The first-order valence-corrected chi connectivity index (χ1v) is 16.4. The Bertz CT molecular complexity index is 610. The van der Waals surface area contributed by atoms with Gasteiger partial charge < -0.3 is 31.4 Å². The molecule has 0 fully saturated rings. The minimum absolute atomic E-state index is 0.315. The van der Waals surface area contributed by atoms with E-state index in [1.165, 1.54) is 96.3 Å². The Balaban J connectivity index is 3.06. The van der Waals surface area contributed by atoms with Gasteiger partial charge in [-0.1, -0.05) is 117 Å². The summed E-state index contributed by atoms with van der Waals surface area (Å²) in [5.41, 5.74) is 21.6. The summed E-state index contributed by atoms with van der Waals surface area (Å²) in [6.07, 6.45) is 21.8. The lowest BCUT2D eigenvalue weighted by Gasteiger charge is -2.25. The van der Waals surface area contributed by atoms with Gasteiger partial charge in [-0.3, -0.25) is 0 Å². The minimum atomic E-state index is 0.315. The van der Waals surface area contributed by atoms with Gasteiger partial charge in [-0.05, 0) is 19.3 Å². The van der Waals surface area contributed by atoms with Crippen molar-refractivity contribution in [3.8, 4) is 17.2 Å². The van der Waals surface area contributed by atoms with Crippen molar-refractivity contribution in [1.29, 1.82) is 0 Å². The highest BCUT2D eigenvalue weighted by atomic mass is 16.5. The average molecular weight is 550 g/mol. The van der Waals surface area contributed by atoms with E-state index in [0.717, 1.165) is 53.2 Å². The number of benzene rings is 1. The van der Waals surface area contributed by atoms with Crippen molar-refractivity contribution in [3.05, 3.63) is 16.7 Å². The van der Waals surface area contributed by atoms with Crippen LogP contribution >= 0.6 is 0 Å². The molecule has 0 unspecified atom stereocenters. The van der Waals surface area contributed by atoms with Gasteiger partial charge in [-0.15, -0.1) is 0 Å². The molecule has 0 heterocycles. The molecule has 0 aliphatic heterocycles. The third kappa shape index (κ3) is 14.1. The number of unbranched alkanes of at least 4 members (excludes halogenated alkanes) is 15. The van der Waals surface area contributed by atoms with Crippen LogP contribution in [0.15, 0.2) is 0 Å². The van der Waals surface area contributed by atoms with Crippen LogP contribution in [0.4, 0.5) is 0 Å². The first kappa shape index (κ1) is 35.5. The Kier molecular flexibility index (Phi) is 22.1. The molecular weight excluding hydrogens is 486 g/mol. The summed E-state index contributed by atoms with van der Waals surface area (Å²) in [5, 5.41) is 0. The third-order valence-corrected chi connectivity index (χ3v) is 7.49.